The van der Waals surface area contributed by atoms with E-state index in [2.05, 4.69) is 5.32 Å². The largest absolute Gasteiger partial charge is 0.484 e. The van der Waals surface area contributed by atoms with Gasteiger partial charge in [0.05, 0.1) is 0 Å². The van der Waals surface area contributed by atoms with Crippen molar-refractivity contribution >= 4 is 17.5 Å². The molecule has 0 aromatic heterocycles. The van der Waals surface area contributed by atoms with Crippen LogP contribution in [0, 0.1) is 0 Å². The molecule has 148 valence electrons. The van der Waals surface area contributed by atoms with Gasteiger partial charge in [0.25, 0.3) is 5.91 Å². The summed E-state index contributed by atoms with van der Waals surface area (Å²) in [6.07, 6.45) is -0.340. The Bertz CT molecular complexity index is 889. The van der Waals surface area contributed by atoms with E-state index >= 15 is 0 Å². The van der Waals surface area contributed by atoms with Gasteiger partial charge in [-0.15, -0.1) is 0 Å². The topological polar surface area (TPSA) is 90.7 Å². The van der Waals surface area contributed by atoms with Crippen molar-refractivity contribution in [3.63, 3.8) is 0 Å². The first-order valence-electron chi connectivity index (χ1n) is 9.14. The smallest absolute Gasteiger partial charge is 0.255 e. The van der Waals surface area contributed by atoms with Gasteiger partial charge >= 0.3 is 0 Å². The third-order valence-corrected chi connectivity index (χ3v) is 4.10. The molecule has 0 heterocycles. The lowest BCUT2D eigenvalue weighted by molar-refractivity contribution is -0.122. The molecule has 6 heteroatoms. The fraction of sp³-hybridized carbons (Fsp3) is 0.130. The third kappa shape index (κ3) is 6.19. The number of hydrogen-bond donors (Lipinski definition) is 2. The van der Waals surface area contributed by atoms with Gasteiger partial charge in [-0.05, 0) is 35.4 Å². The average Bonchev–Trinajstić information content (AvgIpc) is 2.75. The molecule has 3 aromatic rings. The Kier molecular flexibility index (Phi) is 6.97. The fourth-order valence-corrected chi connectivity index (χ4v) is 2.79. The Morgan fingerprint density at radius 2 is 1.34 bits per heavy atom. The van der Waals surface area contributed by atoms with Crippen molar-refractivity contribution in [2.24, 2.45) is 5.73 Å². The summed E-state index contributed by atoms with van der Waals surface area (Å²) in [7, 11) is 0. The van der Waals surface area contributed by atoms with Gasteiger partial charge in [-0.25, -0.2) is 0 Å². The molecule has 0 aliphatic heterocycles. The molecule has 0 unspecified atom stereocenters. The number of amides is 2. The molecule has 0 aliphatic carbocycles. The van der Waals surface area contributed by atoms with Crippen molar-refractivity contribution in [2.75, 3.05) is 18.5 Å². The van der Waals surface area contributed by atoms with Gasteiger partial charge in [0.15, 0.2) is 6.61 Å². The zero-order chi connectivity index (χ0) is 20.5. The molecule has 29 heavy (non-hydrogen) atoms. The predicted molar refractivity (Wildman–Crippen MR) is 110 cm³/mol. The van der Waals surface area contributed by atoms with E-state index in [1.807, 2.05) is 60.7 Å². The lowest BCUT2D eigenvalue weighted by Gasteiger charge is -2.19. The highest BCUT2D eigenvalue weighted by Crippen LogP contribution is 2.25. The van der Waals surface area contributed by atoms with Crippen molar-refractivity contribution in [3.05, 3.63) is 96.1 Å². The van der Waals surface area contributed by atoms with Crippen LogP contribution in [0.25, 0.3) is 0 Å². The van der Waals surface area contributed by atoms with Crippen LogP contribution in [0.5, 0.6) is 5.75 Å². The van der Waals surface area contributed by atoms with E-state index in [0.717, 1.165) is 11.1 Å². The van der Waals surface area contributed by atoms with Gasteiger partial charge in [0.2, 0.25) is 5.91 Å². The average molecular weight is 390 g/mol. The molecule has 0 spiro atoms. The van der Waals surface area contributed by atoms with Gasteiger partial charge in [0, 0.05) is 5.69 Å². The first-order valence-corrected chi connectivity index (χ1v) is 9.14. The van der Waals surface area contributed by atoms with Crippen LogP contribution in [0.4, 0.5) is 5.69 Å². The van der Waals surface area contributed by atoms with E-state index < -0.39 is 5.91 Å². The molecule has 0 atom stereocenters. The minimum Gasteiger partial charge on any atom is -0.484 e. The predicted octanol–water partition coefficient (Wildman–Crippen LogP) is 3.30. The van der Waals surface area contributed by atoms with Gasteiger partial charge < -0.3 is 20.5 Å². The highest BCUT2D eigenvalue weighted by molar-refractivity contribution is 5.91. The minimum absolute atomic E-state index is 0.103. The zero-order valence-corrected chi connectivity index (χ0v) is 15.8. The molecule has 0 saturated carbocycles. The van der Waals surface area contributed by atoms with Crippen molar-refractivity contribution in [2.45, 2.75) is 6.10 Å². The Morgan fingerprint density at radius 1 is 0.793 bits per heavy atom. The second kappa shape index (κ2) is 10.1. The fourth-order valence-electron chi connectivity index (χ4n) is 2.79. The van der Waals surface area contributed by atoms with Crippen molar-refractivity contribution < 1.29 is 19.1 Å². The number of anilines is 1. The Morgan fingerprint density at radius 3 is 1.86 bits per heavy atom. The van der Waals surface area contributed by atoms with E-state index in [9.17, 15) is 9.59 Å². The maximum atomic E-state index is 12.4. The third-order valence-electron chi connectivity index (χ3n) is 4.10. The van der Waals surface area contributed by atoms with E-state index in [0.29, 0.717) is 11.4 Å². The Hall–Kier alpha value is -3.64. The molecule has 0 aliphatic rings. The quantitative estimate of drug-likeness (QED) is 0.587. The second-order valence-corrected chi connectivity index (χ2v) is 6.34. The van der Waals surface area contributed by atoms with Crippen molar-refractivity contribution in [3.8, 4) is 5.75 Å². The number of hydrogen-bond acceptors (Lipinski definition) is 4. The summed E-state index contributed by atoms with van der Waals surface area (Å²) in [6, 6.07) is 26.2. The SMILES string of the molecule is NC(=O)COc1ccc(NC(=O)COC(c2ccccc2)c2ccccc2)cc1. The summed E-state index contributed by atoms with van der Waals surface area (Å²) in [6.45, 7) is -0.297. The van der Waals surface area contributed by atoms with Crippen LogP contribution in [0.2, 0.25) is 0 Å². The van der Waals surface area contributed by atoms with Gasteiger partial charge in [-0.1, -0.05) is 60.7 Å². The first kappa shape index (κ1) is 20.1. The lowest BCUT2D eigenvalue weighted by Crippen LogP contribution is -2.21. The number of carbonyl (C=O) groups is 2. The summed E-state index contributed by atoms with van der Waals surface area (Å²) in [5, 5.41) is 2.78. The number of rotatable bonds is 9. The Balaban J connectivity index is 1.60. The van der Waals surface area contributed by atoms with Crippen LogP contribution < -0.4 is 15.8 Å². The maximum absolute atomic E-state index is 12.4. The summed E-state index contributed by atoms with van der Waals surface area (Å²) in [5.41, 5.74) is 7.59. The van der Waals surface area contributed by atoms with Crippen LogP contribution in [-0.2, 0) is 14.3 Å². The van der Waals surface area contributed by atoms with Crippen LogP contribution >= 0.6 is 0 Å². The van der Waals surface area contributed by atoms with Gasteiger partial charge in [-0.3, -0.25) is 9.59 Å². The molecule has 6 nitrogen and oxygen atoms in total. The first-order chi connectivity index (χ1) is 14.1. The van der Waals surface area contributed by atoms with Crippen LogP contribution in [-0.4, -0.2) is 25.0 Å². The molecule has 0 fully saturated rings. The van der Waals surface area contributed by atoms with E-state index in [4.69, 9.17) is 15.2 Å². The normalized spacial score (nSPS) is 10.5. The van der Waals surface area contributed by atoms with Crippen molar-refractivity contribution in [1.82, 2.24) is 0 Å². The molecule has 0 saturated heterocycles. The van der Waals surface area contributed by atoms with Crippen LogP contribution in [0.3, 0.4) is 0 Å². The van der Waals surface area contributed by atoms with E-state index in [-0.39, 0.29) is 25.2 Å². The van der Waals surface area contributed by atoms with Crippen LogP contribution in [0.15, 0.2) is 84.9 Å². The maximum Gasteiger partial charge on any atom is 0.255 e. The van der Waals surface area contributed by atoms with Crippen molar-refractivity contribution in [1.29, 1.82) is 0 Å². The summed E-state index contributed by atoms with van der Waals surface area (Å²) in [4.78, 5) is 23.1. The monoisotopic (exact) mass is 390 g/mol. The molecule has 3 rings (SSSR count). The number of carbonyl (C=O) groups excluding carboxylic acids is 2. The highest BCUT2D eigenvalue weighted by Gasteiger charge is 2.16. The number of benzene rings is 3. The molecular weight excluding hydrogens is 368 g/mol. The summed E-state index contributed by atoms with van der Waals surface area (Å²) in [5.74, 6) is -0.329. The molecule has 0 radical (unpaired) electrons. The second-order valence-electron chi connectivity index (χ2n) is 6.34. The van der Waals surface area contributed by atoms with Gasteiger partial charge in [0.1, 0.15) is 18.5 Å². The van der Waals surface area contributed by atoms with Crippen LogP contribution in [0.1, 0.15) is 17.2 Å². The summed E-state index contributed by atoms with van der Waals surface area (Å²) < 4.78 is 11.1. The zero-order valence-electron chi connectivity index (χ0n) is 15.8. The number of nitrogens with one attached hydrogen (secondary N) is 1. The standard InChI is InChI=1S/C23H22N2O4/c24-21(26)15-28-20-13-11-19(12-14-20)25-22(27)16-29-23(17-7-3-1-4-8-17)18-9-5-2-6-10-18/h1-14,23H,15-16H2,(H2,24,26)(H,25,27). The molecule has 3 aromatic carbocycles. The molecule has 3 N–H and O–H groups in total. The molecule has 2 amide bonds. The summed E-state index contributed by atoms with van der Waals surface area (Å²) >= 11 is 0. The van der Waals surface area contributed by atoms with E-state index in [1.165, 1.54) is 0 Å². The lowest BCUT2D eigenvalue weighted by atomic mass is 10.0. The number of nitrogens with two attached hydrogens (primary N) is 1. The number of ether oxygens (including phenoxy) is 2. The molecular formula is C23H22N2O4. The number of primary amides is 1. The van der Waals surface area contributed by atoms with E-state index in [1.54, 1.807) is 24.3 Å². The molecule has 0 bridgehead atoms. The Labute approximate surface area is 169 Å². The minimum atomic E-state index is -0.550. The highest BCUT2D eigenvalue weighted by atomic mass is 16.5. The van der Waals surface area contributed by atoms with Gasteiger partial charge in [-0.2, -0.15) is 0 Å².